The molecule has 1 aromatic rings. The largest absolute Gasteiger partial charge is 0.340 e. The molecule has 0 aromatic heterocycles. The molecule has 0 aliphatic carbocycles. The van der Waals surface area contributed by atoms with Crippen LogP contribution < -0.4 is 0 Å². The van der Waals surface area contributed by atoms with E-state index >= 15 is 0 Å². The van der Waals surface area contributed by atoms with E-state index in [1.165, 1.54) is 4.90 Å². The van der Waals surface area contributed by atoms with Crippen LogP contribution in [0.25, 0.3) is 0 Å². The van der Waals surface area contributed by atoms with Crippen LogP contribution in [0.4, 0.5) is 0 Å². The van der Waals surface area contributed by atoms with Crippen molar-refractivity contribution in [3.05, 3.63) is 30.3 Å². The van der Waals surface area contributed by atoms with Crippen LogP contribution in [0, 0.1) is 0 Å². The van der Waals surface area contributed by atoms with E-state index in [0.29, 0.717) is 12.3 Å². The summed E-state index contributed by atoms with van der Waals surface area (Å²) in [6.07, 6.45) is 0.642. The van der Waals surface area contributed by atoms with Gasteiger partial charge in [-0.15, -0.1) is 11.8 Å². The molecule has 1 saturated heterocycles. The van der Waals surface area contributed by atoms with Gasteiger partial charge in [0.2, 0.25) is 5.91 Å². The lowest BCUT2D eigenvalue weighted by Crippen LogP contribution is -2.47. The van der Waals surface area contributed by atoms with Crippen LogP contribution in [0.2, 0.25) is 0 Å². The van der Waals surface area contributed by atoms with Crippen molar-refractivity contribution in [2.24, 2.45) is 0 Å². The molecule has 0 radical (unpaired) electrons. The summed E-state index contributed by atoms with van der Waals surface area (Å²) in [7, 11) is 2.10. The second-order valence-corrected chi connectivity index (χ2v) is 5.76. The Morgan fingerprint density at radius 2 is 1.83 bits per heavy atom. The number of amides is 1. The Bertz CT molecular complexity index is 375. The highest BCUT2D eigenvalue weighted by molar-refractivity contribution is 7.99. The molecule has 1 fully saturated rings. The smallest absolute Gasteiger partial charge is 0.223 e. The topological polar surface area (TPSA) is 23.6 Å². The molecule has 0 saturated carbocycles. The van der Waals surface area contributed by atoms with Crippen molar-refractivity contribution in [2.75, 3.05) is 39.0 Å². The molecule has 1 aliphatic rings. The van der Waals surface area contributed by atoms with E-state index in [1.54, 1.807) is 11.8 Å². The van der Waals surface area contributed by atoms with Crippen molar-refractivity contribution in [3.63, 3.8) is 0 Å². The number of nitrogens with zero attached hydrogens (tertiary/aromatic N) is 2. The first kappa shape index (κ1) is 13.4. The number of hydrogen-bond donors (Lipinski definition) is 0. The standard InChI is InChI=1S/C14H20N2OS/c1-15-8-10-16(11-9-15)14(17)7-12-18-13-5-3-2-4-6-13/h2-6H,7-12H2,1H3. The fourth-order valence-electron chi connectivity index (χ4n) is 1.99. The SMILES string of the molecule is CN1CCN(C(=O)CCSc2ccccc2)CC1. The molecule has 2 rings (SSSR count). The highest BCUT2D eigenvalue weighted by atomic mass is 32.2. The number of likely N-dealkylation sites (N-methyl/N-ethyl adjacent to an activating group) is 1. The van der Waals surface area contributed by atoms with Gasteiger partial charge in [0.05, 0.1) is 0 Å². The monoisotopic (exact) mass is 264 g/mol. The van der Waals surface area contributed by atoms with Gasteiger partial charge in [-0.3, -0.25) is 4.79 Å². The number of carbonyl (C=O) groups excluding carboxylic acids is 1. The zero-order valence-electron chi connectivity index (χ0n) is 10.8. The minimum absolute atomic E-state index is 0.298. The maximum absolute atomic E-state index is 12.0. The third-order valence-electron chi connectivity index (χ3n) is 3.18. The first-order valence-electron chi connectivity index (χ1n) is 6.40. The van der Waals surface area contributed by atoms with E-state index in [2.05, 4.69) is 24.1 Å². The summed E-state index contributed by atoms with van der Waals surface area (Å²) in [5, 5.41) is 0. The van der Waals surface area contributed by atoms with Crippen molar-refractivity contribution in [2.45, 2.75) is 11.3 Å². The van der Waals surface area contributed by atoms with Crippen LogP contribution in [-0.4, -0.2) is 54.7 Å². The van der Waals surface area contributed by atoms with Gasteiger partial charge in [-0.05, 0) is 19.2 Å². The maximum Gasteiger partial charge on any atom is 0.223 e. The van der Waals surface area contributed by atoms with Gasteiger partial charge < -0.3 is 9.80 Å². The fraction of sp³-hybridized carbons (Fsp3) is 0.500. The number of piperazine rings is 1. The van der Waals surface area contributed by atoms with Crippen molar-refractivity contribution in [1.82, 2.24) is 9.80 Å². The Kier molecular flexibility index (Phi) is 5.08. The number of carbonyl (C=O) groups is 1. The van der Waals surface area contributed by atoms with Crippen molar-refractivity contribution in [3.8, 4) is 0 Å². The van der Waals surface area contributed by atoms with E-state index in [-0.39, 0.29) is 0 Å². The van der Waals surface area contributed by atoms with Crippen LogP contribution in [0.15, 0.2) is 35.2 Å². The van der Waals surface area contributed by atoms with Gasteiger partial charge in [-0.2, -0.15) is 0 Å². The maximum atomic E-state index is 12.0. The lowest BCUT2D eigenvalue weighted by molar-refractivity contribution is -0.132. The van der Waals surface area contributed by atoms with Crippen LogP contribution in [-0.2, 0) is 4.79 Å². The Balaban J connectivity index is 1.69. The van der Waals surface area contributed by atoms with E-state index in [0.717, 1.165) is 31.9 Å². The summed E-state index contributed by atoms with van der Waals surface area (Å²) in [5.74, 6) is 1.17. The molecule has 3 nitrogen and oxygen atoms in total. The molecule has 1 aromatic carbocycles. The molecule has 18 heavy (non-hydrogen) atoms. The van der Waals surface area contributed by atoms with Gasteiger partial charge in [0.15, 0.2) is 0 Å². The lowest BCUT2D eigenvalue weighted by atomic mass is 10.3. The second-order valence-electron chi connectivity index (χ2n) is 4.60. The molecule has 0 unspecified atom stereocenters. The summed E-state index contributed by atoms with van der Waals surface area (Å²) >= 11 is 1.76. The molecule has 0 bridgehead atoms. The predicted molar refractivity (Wildman–Crippen MR) is 75.9 cm³/mol. The summed E-state index contributed by atoms with van der Waals surface area (Å²) in [4.78, 5) is 17.5. The molecule has 98 valence electrons. The zero-order chi connectivity index (χ0) is 12.8. The summed E-state index contributed by atoms with van der Waals surface area (Å²) in [6, 6.07) is 10.3. The Morgan fingerprint density at radius 3 is 2.50 bits per heavy atom. The molecular formula is C14H20N2OS. The predicted octanol–water partition coefficient (Wildman–Crippen LogP) is 1.94. The third kappa shape index (κ3) is 4.03. The van der Waals surface area contributed by atoms with Crippen LogP contribution >= 0.6 is 11.8 Å². The Morgan fingerprint density at radius 1 is 1.17 bits per heavy atom. The van der Waals surface area contributed by atoms with E-state index < -0.39 is 0 Å². The van der Waals surface area contributed by atoms with Crippen molar-refractivity contribution < 1.29 is 4.79 Å². The number of benzene rings is 1. The van der Waals surface area contributed by atoms with Gasteiger partial charge in [0, 0.05) is 43.2 Å². The average Bonchev–Trinajstić information content (AvgIpc) is 2.40. The van der Waals surface area contributed by atoms with E-state index in [4.69, 9.17) is 0 Å². The first-order valence-corrected chi connectivity index (χ1v) is 7.38. The fourth-order valence-corrected chi connectivity index (χ4v) is 2.85. The highest BCUT2D eigenvalue weighted by Crippen LogP contribution is 2.18. The zero-order valence-corrected chi connectivity index (χ0v) is 11.7. The molecule has 0 atom stereocenters. The molecule has 0 N–H and O–H groups in total. The summed E-state index contributed by atoms with van der Waals surface area (Å²) in [5.41, 5.74) is 0. The molecule has 1 aliphatic heterocycles. The van der Waals surface area contributed by atoms with Gasteiger partial charge >= 0.3 is 0 Å². The van der Waals surface area contributed by atoms with E-state index in [1.807, 2.05) is 23.1 Å². The van der Waals surface area contributed by atoms with Crippen LogP contribution in [0.5, 0.6) is 0 Å². The normalized spacial score (nSPS) is 16.8. The average molecular weight is 264 g/mol. The molecule has 1 amide bonds. The molecule has 1 heterocycles. The minimum Gasteiger partial charge on any atom is -0.340 e. The summed E-state index contributed by atoms with van der Waals surface area (Å²) in [6.45, 7) is 3.76. The number of rotatable bonds is 4. The quantitative estimate of drug-likeness (QED) is 0.777. The summed E-state index contributed by atoms with van der Waals surface area (Å²) < 4.78 is 0. The number of thioether (sulfide) groups is 1. The van der Waals surface area contributed by atoms with Gasteiger partial charge in [-0.25, -0.2) is 0 Å². The van der Waals surface area contributed by atoms with Gasteiger partial charge in [0.25, 0.3) is 0 Å². The molecule has 0 spiro atoms. The van der Waals surface area contributed by atoms with Gasteiger partial charge in [0.1, 0.15) is 0 Å². The van der Waals surface area contributed by atoms with Crippen LogP contribution in [0.1, 0.15) is 6.42 Å². The van der Waals surface area contributed by atoms with Gasteiger partial charge in [-0.1, -0.05) is 18.2 Å². The Labute approximate surface area is 113 Å². The van der Waals surface area contributed by atoms with Crippen molar-refractivity contribution >= 4 is 17.7 Å². The van der Waals surface area contributed by atoms with Crippen LogP contribution in [0.3, 0.4) is 0 Å². The lowest BCUT2D eigenvalue weighted by Gasteiger charge is -2.32. The second kappa shape index (κ2) is 6.81. The first-order chi connectivity index (χ1) is 8.75. The molecule has 4 heteroatoms. The number of hydrogen-bond acceptors (Lipinski definition) is 3. The molecular weight excluding hydrogens is 244 g/mol. The minimum atomic E-state index is 0.298. The highest BCUT2D eigenvalue weighted by Gasteiger charge is 2.18. The van der Waals surface area contributed by atoms with Crippen molar-refractivity contribution in [1.29, 1.82) is 0 Å². The third-order valence-corrected chi connectivity index (χ3v) is 4.20. The Hall–Kier alpha value is -1.00. The van der Waals surface area contributed by atoms with E-state index in [9.17, 15) is 4.79 Å².